The lowest BCUT2D eigenvalue weighted by Crippen LogP contribution is -2.20. The summed E-state index contributed by atoms with van der Waals surface area (Å²) in [5.41, 5.74) is 0.701. The Morgan fingerprint density at radius 3 is 2.59 bits per heavy atom. The summed E-state index contributed by atoms with van der Waals surface area (Å²) in [5, 5.41) is 0.446. The fraction of sp³-hybridized carbons (Fsp3) is 0.0526. The number of H-pyrrole nitrogens is 1. The zero-order valence-electron chi connectivity index (χ0n) is 13.6. The lowest BCUT2D eigenvalue weighted by molar-refractivity contribution is -0.0498. The molecule has 0 fully saturated rings. The van der Waals surface area contributed by atoms with Crippen LogP contribution in [-0.4, -0.2) is 17.4 Å². The molecule has 0 aliphatic rings. The van der Waals surface area contributed by atoms with Crippen molar-refractivity contribution in [3.05, 3.63) is 84.2 Å². The number of hydrogen-bond acceptors (Lipinski definition) is 4. The molecule has 0 unspecified atom stereocenters. The molecule has 0 saturated heterocycles. The van der Waals surface area contributed by atoms with Crippen LogP contribution < -0.4 is 19.5 Å². The normalized spacial score (nSPS) is 12.6. The number of Topliss-reactive ketones (excluding diaryl/α,β-unsaturated/α-hetero) is 1. The van der Waals surface area contributed by atoms with E-state index in [0.29, 0.717) is 25.3 Å². The van der Waals surface area contributed by atoms with Crippen LogP contribution in [0.3, 0.4) is 0 Å². The lowest BCUT2D eigenvalue weighted by atomic mass is 10.1. The number of ether oxygens (including phenoxy) is 1. The first-order valence-corrected chi connectivity index (χ1v) is 8.87. The van der Waals surface area contributed by atoms with Crippen molar-refractivity contribution in [1.29, 1.82) is 0 Å². The van der Waals surface area contributed by atoms with Gasteiger partial charge in [0.25, 0.3) is 5.56 Å². The lowest BCUT2D eigenvalue weighted by Gasteiger charge is -2.03. The average molecular weight is 408 g/mol. The SMILES string of the molecule is O=C(/C=c1/[nH]c(=O)/c(=C/c2ccc(OC(F)F)cc2)s1)c1cccc(Cl)c1. The van der Waals surface area contributed by atoms with E-state index in [9.17, 15) is 18.4 Å². The number of carbonyl (C=O) groups is 1. The highest BCUT2D eigenvalue weighted by molar-refractivity contribution is 7.07. The van der Waals surface area contributed by atoms with Crippen LogP contribution >= 0.6 is 22.9 Å². The zero-order valence-corrected chi connectivity index (χ0v) is 15.2. The van der Waals surface area contributed by atoms with E-state index >= 15 is 0 Å². The van der Waals surface area contributed by atoms with Crippen molar-refractivity contribution >= 4 is 40.9 Å². The fourth-order valence-electron chi connectivity index (χ4n) is 2.27. The maximum Gasteiger partial charge on any atom is 0.387 e. The van der Waals surface area contributed by atoms with Crippen LogP contribution in [0.5, 0.6) is 5.75 Å². The summed E-state index contributed by atoms with van der Waals surface area (Å²) in [7, 11) is 0. The second-order valence-electron chi connectivity index (χ2n) is 5.40. The minimum Gasteiger partial charge on any atom is -0.435 e. The predicted molar refractivity (Wildman–Crippen MR) is 101 cm³/mol. The van der Waals surface area contributed by atoms with Crippen molar-refractivity contribution in [2.75, 3.05) is 0 Å². The molecular weight excluding hydrogens is 396 g/mol. The molecular formula is C19H12ClF2NO3S. The predicted octanol–water partition coefficient (Wildman–Crippen LogP) is 3.18. The number of carbonyl (C=O) groups excluding carboxylic acids is 1. The van der Waals surface area contributed by atoms with E-state index < -0.39 is 6.61 Å². The Morgan fingerprint density at radius 2 is 1.93 bits per heavy atom. The van der Waals surface area contributed by atoms with Gasteiger partial charge in [0.1, 0.15) is 5.75 Å². The van der Waals surface area contributed by atoms with Gasteiger partial charge in [-0.05, 0) is 35.9 Å². The Hall–Kier alpha value is -2.77. The maximum absolute atomic E-state index is 12.3. The Bertz CT molecular complexity index is 1140. The smallest absolute Gasteiger partial charge is 0.387 e. The fourth-order valence-corrected chi connectivity index (χ4v) is 3.34. The van der Waals surface area contributed by atoms with E-state index in [1.165, 1.54) is 18.2 Å². The number of ketones is 1. The van der Waals surface area contributed by atoms with Gasteiger partial charge in [-0.25, -0.2) is 0 Å². The third kappa shape index (κ3) is 5.12. The largest absolute Gasteiger partial charge is 0.435 e. The van der Waals surface area contributed by atoms with Crippen LogP contribution in [0.4, 0.5) is 8.78 Å². The third-order valence-corrected chi connectivity index (χ3v) is 4.65. The topological polar surface area (TPSA) is 59.2 Å². The first kappa shape index (κ1) is 19.0. The number of rotatable bonds is 5. The summed E-state index contributed by atoms with van der Waals surface area (Å²) in [5.74, 6) is -0.251. The number of alkyl halides is 2. The van der Waals surface area contributed by atoms with Crippen molar-refractivity contribution in [3.63, 3.8) is 0 Å². The van der Waals surface area contributed by atoms with Crippen molar-refractivity contribution in [3.8, 4) is 5.75 Å². The Morgan fingerprint density at radius 1 is 1.19 bits per heavy atom. The van der Waals surface area contributed by atoms with Crippen LogP contribution in [0.2, 0.25) is 5.02 Å². The van der Waals surface area contributed by atoms with Crippen LogP contribution in [-0.2, 0) is 0 Å². The molecule has 0 aliphatic heterocycles. The molecule has 0 bridgehead atoms. The first-order chi connectivity index (χ1) is 12.9. The van der Waals surface area contributed by atoms with E-state index in [0.717, 1.165) is 11.3 Å². The molecule has 27 heavy (non-hydrogen) atoms. The molecule has 0 aliphatic carbocycles. The van der Waals surface area contributed by atoms with Gasteiger partial charge in [-0.1, -0.05) is 35.9 Å². The quantitative estimate of drug-likeness (QED) is 0.661. The van der Waals surface area contributed by atoms with Crippen molar-refractivity contribution in [1.82, 2.24) is 4.98 Å². The molecule has 1 heterocycles. The zero-order chi connectivity index (χ0) is 19.4. The van der Waals surface area contributed by atoms with Crippen LogP contribution in [0, 0.1) is 0 Å². The van der Waals surface area contributed by atoms with E-state index in [1.807, 2.05) is 0 Å². The van der Waals surface area contributed by atoms with Gasteiger partial charge in [0.2, 0.25) is 0 Å². The maximum atomic E-state index is 12.3. The van der Waals surface area contributed by atoms with Gasteiger partial charge >= 0.3 is 6.61 Å². The average Bonchev–Trinajstić information content (AvgIpc) is 2.95. The van der Waals surface area contributed by atoms with Crippen molar-refractivity contribution in [2.24, 2.45) is 0 Å². The summed E-state index contributed by atoms with van der Waals surface area (Å²) >= 11 is 6.99. The van der Waals surface area contributed by atoms with E-state index in [2.05, 4.69) is 9.72 Å². The molecule has 0 amide bonds. The molecule has 138 valence electrons. The third-order valence-electron chi connectivity index (χ3n) is 3.45. The minimum atomic E-state index is -2.89. The summed E-state index contributed by atoms with van der Waals surface area (Å²) in [4.78, 5) is 26.9. The van der Waals surface area contributed by atoms with Crippen LogP contribution in [0.1, 0.15) is 15.9 Å². The molecule has 1 aromatic heterocycles. The highest BCUT2D eigenvalue weighted by Gasteiger charge is 2.05. The Kier molecular flexibility index (Phi) is 5.83. The van der Waals surface area contributed by atoms with Gasteiger partial charge in [0.15, 0.2) is 5.78 Å². The van der Waals surface area contributed by atoms with Crippen molar-refractivity contribution in [2.45, 2.75) is 6.61 Å². The van der Waals surface area contributed by atoms with Gasteiger partial charge < -0.3 is 9.72 Å². The number of nitrogens with one attached hydrogen (secondary N) is 1. The molecule has 0 atom stereocenters. The van der Waals surface area contributed by atoms with Gasteiger partial charge in [-0.2, -0.15) is 8.78 Å². The van der Waals surface area contributed by atoms with Gasteiger partial charge in [-0.15, -0.1) is 11.3 Å². The number of benzene rings is 2. The van der Waals surface area contributed by atoms with E-state index in [-0.39, 0.29) is 17.1 Å². The van der Waals surface area contributed by atoms with Crippen molar-refractivity contribution < 1.29 is 18.3 Å². The number of aromatic amines is 1. The summed E-state index contributed by atoms with van der Waals surface area (Å²) in [6, 6.07) is 12.4. The standard InChI is InChI=1S/C19H12ClF2NO3S/c20-13-3-1-2-12(9-13)15(24)10-17-23-18(25)16(27-17)8-11-4-6-14(7-5-11)26-19(21)22/h1-10,19H,(H,23,25)/b16-8-,17-10-. The minimum absolute atomic E-state index is 0.0309. The summed E-state index contributed by atoms with van der Waals surface area (Å²) < 4.78 is 29.4. The van der Waals surface area contributed by atoms with Gasteiger partial charge in [0.05, 0.1) is 9.20 Å². The van der Waals surface area contributed by atoms with Gasteiger partial charge in [0, 0.05) is 16.7 Å². The highest BCUT2D eigenvalue weighted by atomic mass is 35.5. The van der Waals surface area contributed by atoms with Crippen LogP contribution in [0.15, 0.2) is 53.3 Å². The molecule has 3 aromatic rings. The molecule has 2 aromatic carbocycles. The number of aromatic nitrogens is 1. The monoisotopic (exact) mass is 407 g/mol. The molecule has 0 saturated carbocycles. The Balaban J connectivity index is 1.89. The molecule has 1 N–H and O–H groups in total. The number of hydrogen-bond donors (Lipinski definition) is 1. The molecule has 4 nitrogen and oxygen atoms in total. The van der Waals surface area contributed by atoms with E-state index in [4.69, 9.17) is 11.6 Å². The summed E-state index contributed by atoms with van der Waals surface area (Å²) in [6.45, 7) is -2.89. The number of thiazole rings is 1. The molecule has 8 heteroatoms. The molecule has 0 spiro atoms. The van der Waals surface area contributed by atoms with Crippen LogP contribution in [0.25, 0.3) is 12.2 Å². The second-order valence-corrected chi connectivity index (χ2v) is 6.92. The van der Waals surface area contributed by atoms with Gasteiger partial charge in [-0.3, -0.25) is 9.59 Å². The number of halogens is 3. The van der Waals surface area contributed by atoms with E-state index in [1.54, 1.807) is 42.5 Å². The Labute approximate surface area is 161 Å². The first-order valence-electron chi connectivity index (χ1n) is 7.68. The molecule has 0 radical (unpaired) electrons. The molecule has 3 rings (SSSR count). The second kappa shape index (κ2) is 8.28. The summed E-state index contributed by atoms with van der Waals surface area (Å²) in [6.07, 6.45) is 2.92. The highest BCUT2D eigenvalue weighted by Crippen LogP contribution is 2.15.